The Hall–Kier alpha value is -0.680. The molecule has 78 valence electrons. The van der Waals surface area contributed by atoms with Crippen LogP contribution in [-0.2, 0) is 6.42 Å². The summed E-state index contributed by atoms with van der Waals surface area (Å²) in [5.41, 5.74) is 5.96. The number of hydrogen-bond donors (Lipinski definition) is 1. The van der Waals surface area contributed by atoms with Crippen molar-refractivity contribution in [1.82, 2.24) is 9.36 Å². The molecule has 0 aliphatic carbocycles. The van der Waals surface area contributed by atoms with Gasteiger partial charge in [-0.3, -0.25) is 0 Å². The van der Waals surface area contributed by atoms with Gasteiger partial charge < -0.3 is 10.6 Å². The average Bonchev–Trinajstić information content (AvgIpc) is 2.74. The van der Waals surface area contributed by atoms with Crippen molar-refractivity contribution in [3.8, 4) is 0 Å². The van der Waals surface area contributed by atoms with Crippen LogP contribution in [0.15, 0.2) is 0 Å². The lowest BCUT2D eigenvalue weighted by Crippen LogP contribution is -2.28. The Morgan fingerprint density at radius 2 is 2.36 bits per heavy atom. The molecule has 0 saturated carbocycles. The number of nitrogens with two attached hydrogens (primary N) is 1. The molecule has 4 nitrogen and oxygen atoms in total. The molecular formula is C9H16N4S. The molecule has 1 fully saturated rings. The number of nitrogens with zero attached hydrogens (tertiary/aromatic N) is 3. The van der Waals surface area contributed by atoms with Crippen molar-refractivity contribution in [3.05, 3.63) is 5.82 Å². The third-order valence-corrected chi connectivity index (χ3v) is 3.53. The number of anilines is 1. The minimum absolute atomic E-state index is 0.281. The summed E-state index contributed by atoms with van der Waals surface area (Å²) in [6.45, 7) is 6.19. The molecule has 0 aromatic carbocycles. The van der Waals surface area contributed by atoms with Gasteiger partial charge in [0.05, 0.1) is 0 Å². The summed E-state index contributed by atoms with van der Waals surface area (Å²) in [6.07, 6.45) is 0.909. The molecule has 1 aromatic heterocycles. The van der Waals surface area contributed by atoms with E-state index in [0.29, 0.717) is 5.92 Å². The predicted octanol–water partition coefficient (Wildman–Crippen LogP) is 0.884. The van der Waals surface area contributed by atoms with Crippen molar-refractivity contribution in [2.45, 2.75) is 26.3 Å². The van der Waals surface area contributed by atoms with Gasteiger partial charge in [-0.15, -0.1) is 0 Å². The van der Waals surface area contributed by atoms with Crippen LogP contribution in [0.25, 0.3) is 0 Å². The Balaban J connectivity index is 2.09. The Bertz CT molecular complexity index is 302. The van der Waals surface area contributed by atoms with Crippen LogP contribution in [-0.4, -0.2) is 28.5 Å². The van der Waals surface area contributed by atoms with E-state index in [-0.39, 0.29) is 6.04 Å². The number of rotatable bonds is 2. The highest BCUT2D eigenvalue weighted by atomic mass is 32.1. The Kier molecular flexibility index (Phi) is 2.69. The van der Waals surface area contributed by atoms with E-state index in [1.807, 2.05) is 0 Å². The van der Waals surface area contributed by atoms with Gasteiger partial charge in [-0.05, 0) is 5.92 Å². The zero-order valence-electron chi connectivity index (χ0n) is 8.60. The first-order valence-electron chi connectivity index (χ1n) is 5.03. The van der Waals surface area contributed by atoms with E-state index < -0.39 is 0 Å². The number of hydrogen-bond acceptors (Lipinski definition) is 5. The van der Waals surface area contributed by atoms with Gasteiger partial charge in [-0.2, -0.15) is 4.37 Å². The van der Waals surface area contributed by atoms with E-state index >= 15 is 0 Å². The molecule has 2 atom stereocenters. The van der Waals surface area contributed by atoms with E-state index in [4.69, 9.17) is 5.73 Å². The maximum Gasteiger partial charge on any atom is 0.205 e. The van der Waals surface area contributed by atoms with Gasteiger partial charge in [-0.1, -0.05) is 13.8 Å². The molecule has 14 heavy (non-hydrogen) atoms. The summed E-state index contributed by atoms with van der Waals surface area (Å²) in [5, 5.41) is 1.03. The molecule has 1 aromatic rings. The van der Waals surface area contributed by atoms with Gasteiger partial charge in [0, 0.05) is 37.1 Å². The van der Waals surface area contributed by atoms with Crippen LogP contribution in [0.2, 0.25) is 0 Å². The number of aryl methyl sites for hydroxylation is 1. The molecule has 2 N–H and O–H groups in total. The zero-order valence-corrected chi connectivity index (χ0v) is 9.42. The lowest BCUT2D eigenvalue weighted by atomic mass is 10.1. The van der Waals surface area contributed by atoms with Crippen molar-refractivity contribution < 1.29 is 0 Å². The van der Waals surface area contributed by atoms with Crippen molar-refractivity contribution in [3.63, 3.8) is 0 Å². The highest BCUT2D eigenvalue weighted by Crippen LogP contribution is 2.24. The fraction of sp³-hybridized carbons (Fsp3) is 0.778. The zero-order chi connectivity index (χ0) is 10.1. The Labute approximate surface area is 88.3 Å². The summed E-state index contributed by atoms with van der Waals surface area (Å²) in [5.74, 6) is 1.50. The molecule has 2 unspecified atom stereocenters. The summed E-state index contributed by atoms with van der Waals surface area (Å²) in [6, 6.07) is 0.281. The lowest BCUT2D eigenvalue weighted by Gasteiger charge is -2.12. The second kappa shape index (κ2) is 3.82. The first-order valence-corrected chi connectivity index (χ1v) is 5.81. The fourth-order valence-electron chi connectivity index (χ4n) is 1.66. The van der Waals surface area contributed by atoms with Crippen molar-refractivity contribution in [2.24, 2.45) is 11.7 Å². The lowest BCUT2D eigenvalue weighted by molar-refractivity contribution is 0.566. The van der Waals surface area contributed by atoms with Gasteiger partial charge in [0.25, 0.3) is 0 Å². The Morgan fingerprint density at radius 3 is 2.86 bits per heavy atom. The minimum atomic E-state index is 0.281. The first-order chi connectivity index (χ1) is 6.70. The molecule has 1 saturated heterocycles. The van der Waals surface area contributed by atoms with Crippen LogP contribution in [0, 0.1) is 5.92 Å². The largest absolute Gasteiger partial charge is 0.345 e. The predicted molar refractivity (Wildman–Crippen MR) is 58.6 cm³/mol. The van der Waals surface area contributed by atoms with Crippen LogP contribution in [0.4, 0.5) is 5.13 Å². The highest BCUT2D eigenvalue weighted by Gasteiger charge is 2.28. The van der Waals surface area contributed by atoms with Gasteiger partial charge >= 0.3 is 0 Å². The highest BCUT2D eigenvalue weighted by molar-refractivity contribution is 7.09. The SMILES string of the molecule is CCc1nsc(N2CC(C)C(N)C2)n1. The second-order valence-corrected chi connectivity index (χ2v) is 4.62. The topological polar surface area (TPSA) is 55.0 Å². The smallest absolute Gasteiger partial charge is 0.205 e. The van der Waals surface area contributed by atoms with E-state index in [1.54, 1.807) is 0 Å². The monoisotopic (exact) mass is 212 g/mol. The summed E-state index contributed by atoms with van der Waals surface area (Å²) in [7, 11) is 0. The minimum Gasteiger partial charge on any atom is -0.345 e. The van der Waals surface area contributed by atoms with E-state index in [0.717, 1.165) is 30.5 Å². The average molecular weight is 212 g/mol. The Morgan fingerprint density at radius 1 is 1.57 bits per heavy atom. The third-order valence-electron chi connectivity index (χ3n) is 2.71. The molecule has 0 bridgehead atoms. The van der Waals surface area contributed by atoms with E-state index in [9.17, 15) is 0 Å². The molecule has 2 rings (SSSR count). The standard InChI is InChI=1S/C9H16N4S/c1-3-8-11-9(14-12-8)13-4-6(2)7(10)5-13/h6-7H,3-5,10H2,1-2H3. The van der Waals surface area contributed by atoms with Crippen LogP contribution >= 0.6 is 11.5 Å². The van der Waals surface area contributed by atoms with Gasteiger partial charge in [0.15, 0.2) is 0 Å². The van der Waals surface area contributed by atoms with Crippen LogP contribution < -0.4 is 10.6 Å². The number of aromatic nitrogens is 2. The molecule has 5 heteroatoms. The van der Waals surface area contributed by atoms with Crippen LogP contribution in [0.5, 0.6) is 0 Å². The van der Waals surface area contributed by atoms with Gasteiger partial charge in [-0.25, -0.2) is 4.98 Å². The first kappa shape index (κ1) is 9.86. The van der Waals surface area contributed by atoms with Crippen LogP contribution in [0.3, 0.4) is 0 Å². The molecule has 0 spiro atoms. The molecule has 1 aliphatic heterocycles. The summed E-state index contributed by atoms with van der Waals surface area (Å²) in [4.78, 5) is 6.70. The fourth-order valence-corrected chi connectivity index (χ4v) is 2.43. The maximum absolute atomic E-state index is 5.96. The summed E-state index contributed by atoms with van der Waals surface area (Å²) >= 11 is 1.48. The van der Waals surface area contributed by atoms with E-state index in [2.05, 4.69) is 28.1 Å². The second-order valence-electron chi connectivity index (χ2n) is 3.89. The molecular weight excluding hydrogens is 196 g/mol. The van der Waals surface area contributed by atoms with Crippen molar-refractivity contribution in [2.75, 3.05) is 18.0 Å². The van der Waals surface area contributed by atoms with E-state index in [1.165, 1.54) is 11.5 Å². The molecule has 2 heterocycles. The molecule has 0 radical (unpaired) electrons. The molecule has 1 aliphatic rings. The molecule has 0 amide bonds. The quantitative estimate of drug-likeness (QED) is 0.791. The van der Waals surface area contributed by atoms with Crippen molar-refractivity contribution >= 4 is 16.7 Å². The third kappa shape index (κ3) is 1.74. The van der Waals surface area contributed by atoms with Crippen molar-refractivity contribution in [1.29, 1.82) is 0 Å². The maximum atomic E-state index is 5.96. The van der Waals surface area contributed by atoms with Gasteiger partial charge in [0.2, 0.25) is 5.13 Å². The summed E-state index contributed by atoms with van der Waals surface area (Å²) < 4.78 is 4.28. The van der Waals surface area contributed by atoms with Gasteiger partial charge in [0.1, 0.15) is 5.82 Å². The van der Waals surface area contributed by atoms with Crippen LogP contribution in [0.1, 0.15) is 19.7 Å². The normalized spacial score (nSPS) is 27.2.